The highest BCUT2D eigenvalue weighted by Crippen LogP contribution is 2.11. The molecule has 0 saturated carbocycles. The van der Waals surface area contributed by atoms with Crippen molar-refractivity contribution in [2.24, 2.45) is 0 Å². The molecular formula is C13H18O2S. The second-order valence-electron chi connectivity index (χ2n) is 3.67. The van der Waals surface area contributed by atoms with E-state index >= 15 is 0 Å². The molecule has 0 N–H and O–H groups in total. The molecule has 1 rings (SSSR count). The van der Waals surface area contributed by atoms with Crippen LogP contribution in [0.3, 0.4) is 0 Å². The van der Waals surface area contributed by atoms with Crippen LogP contribution in [0.5, 0.6) is 0 Å². The van der Waals surface area contributed by atoms with Gasteiger partial charge in [-0.15, -0.1) is 0 Å². The topological polar surface area (TPSA) is 26.3 Å². The molecule has 0 bridgehead atoms. The number of rotatable bonds is 8. The van der Waals surface area contributed by atoms with Crippen LogP contribution >= 0.6 is 11.3 Å². The third-order valence-electron chi connectivity index (χ3n) is 2.35. The summed E-state index contributed by atoms with van der Waals surface area (Å²) in [5, 5.41) is 4.32. The monoisotopic (exact) mass is 238 g/mol. The number of hydrogen-bond acceptors (Lipinski definition) is 3. The van der Waals surface area contributed by atoms with Gasteiger partial charge in [-0.1, -0.05) is 19.4 Å². The zero-order valence-electron chi connectivity index (χ0n) is 9.48. The fourth-order valence-electron chi connectivity index (χ4n) is 1.45. The number of aryl methyl sites for hydroxylation is 1. The summed E-state index contributed by atoms with van der Waals surface area (Å²) in [6.45, 7) is 3.86. The smallest absolute Gasteiger partial charge is 0.330 e. The number of carbonyl (C=O) groups excluding carboxylic acids is 1. The molecule has 0 saturated heterocycles. The van der Waals surface area contributed by atoms with E-state index in [0.717, 1.165) is 19.3 Å². The summed E-state index contributed by atoms with van der Waals surface area (Å²) in [7, 11) is 0. The molecule has 0 radical (unpaired) electrons. The maximum atomic E-state index is 10.7. The molecule has 0 aromatic carbocycles. The van der Waals surface area contributed by atoms with Crippen LogP contribution < -0.4 is 0 Å². The molecule has 1 aromatic rings. The van der Waals surface area contributed by atoms with E-state index in [0.29, 0.717) is 6.61 Å². The molecule has 16 heavy (non-hydrogen) atoms. The van der Waals surface area contributed by atoms with Gasteiger partial charge < -0.3 is 4.74 Å². The van der Waals surface area contributed by atoms with Crippen molar-refractivity contribution in [1.29, 1.82) is 0 Å². The van der Waals surface area contributed by atoms with Gasteiger partial charge in [0, 0.05) is 6.08 Å². The third-order valence-corrected chi connectivity index (χ3v) is 3.08. The van der Waals surface area contributed by atoms with E-state index < -0.39 is 0 Å². The number of thiophene rings is 1. The van der Waals surface area contributed by atoms with Crippen LogP contribution in [0.4, 0.5) is 0 Å². The van der Waals surface area contributed by atoms with Gasteiger partial charge in [-0.05, 0) is 41.7 Å². The van der Waals surface area contributed by atoms with Gasteiger partial charge in [0.25, 0.3) is 0 Å². The normalized spacial score (nSPS) is 10.0. The van der Waals surface area contributed by atoms with Crippen molar-refractivity contribution in [3.05, 3.63) is 35.0 Å². The summed E-state index contributed by atoms with van der Waals surface area (Å²) >= 11 is 1.75. The van der Waals surface area contributed by atoms with Crippen molar-refractivity contribution in [1.82, 2.24) is 0 Å². The average Bonchev–Trinajstić information content (AvgIpc) is 2.80. The van der Waals surface area contributed by atoms with E-state index in [1.807, 2.05) is 0 Å². The summed E-state index contributed by atoms with van der Waals surface area (Å²) < 4.78 is 4.89. The van der Waals surface area contributed by atoms with Crippen LogP contribution in [-0.2, 0) is 16.0 Å². The van der Waals surface area contributed by atoms with Crippen LogP contribution in [0.25, 0.3) is 0 Å². The Bertz CT molecular complexity index is 304. The highest BCUT2D eigenvalue weighted by atomic mass is 32.1. The van der Waals surface area contributed by atoms with Gasteiger partial charge in [-0.3, -0.25) is 0 Å². The molecule has 1 aromatic heterocycles. The van der Waals surface area contributed by atoms with Gasteiger partial charge in [0.15, 0.2) is 0 Å². The number of carbonyl (C=O) groups is 1. The van der Waals surface area contributed by atoms with Gasteiger partial charge in [0.2, 0.25) is 0 Å². The lowest BCUT2D eigenvalue weighted by atomic mass is 10.1. The van der Waals surface area contributed by atoms with E-state index in [1.54, 1.807) is 11.3 Å². The first-order chi connectivity index (χ1) is 7.83. The SMILES string of the molecule is C=CC(=O)OCCCCCCc1ccsc1. The molecule has 0 atom stereocenters. The Kier molecular flexibility index (Phi) is 6.58. The van der Waals surface area contributed by atoms with Crippen LogP contribution in [0.1, 0.15) is 31.2 Å². The molecule has 0 amide bonds. The second-order valence-corrected chi connectivity index (χ2v) is 4.45. The molecule has 88 valence electrons. The lowest BCUT2D eigenvalue weighted by molar-refractivity contribution is -0.137. The van der Waals surface area contributed by atoms with Crippen molar-refractivity contribution in [3.63, 3.8) is 0 Å². The molecular weight excluding hydrogens is 220 g/mol. The lowest BCUT2D eigenvalue weighted by Gasteiger charge is -2.02. The van der Waals surface area contributed by atoms with Crippen LogP contribution in [0.2, 0.25) is 0 Å². The lowest BCUT2D eigenvalue weighted by Crippen LogP contribution is -2.01. The minimum Gasteiger partial charge on any atom is -0.463 e. The molecule has 1 heterocycles. The largest absolute Gasteiger partial charge is 0.463 e. The summed E-state index contributed by atoms with van der Waals surface area (Å²) in [4.78, 5) is 10.7. The predicted octanol–water partition coefficient (Wildman–Crippen LogP) is 3.58. The van der Waals surface area contributed by atoms with Gasteiger partial charge >= 0.3 is 5.97 Å². The summed E-state index contributed by atoms with van der Waals surface area (Å²) in [5.74, 6) is -0.321. The van der Waals surface area contributed by atoms with Crippen molar-refractivity contribution >= 4 is 17.3 Å². The van der Waals surface area contributed by atoms with Gasteiger partial charge in [0.05, 0.1) is 6.61 Å². The second kappa shape index (κ2) is 8.11. The van der Waals surface area contributed by atoms with Crippen LogP contribution in [0.15, 0.2) is 29.5 Å². The number of hydrogen-bond donors (Lipinski definition) is 0. The van der Waals surface area contributed by atoms with E-state index in [4.69, 9.17) is 4.74 Å². The summed E-state index contributed by atoms with van der Waals surface area (Å²) in [6.07, 6.45) is 6.85. The first-order valence-corrected chi connectivity index (χ1v) is 6.57. The summed E-state index contributed by atoms with van der Waals surface area (Å²) in [6, 6.07) is 2.18. The summed E-state index contributed by atoms with van der Waals surface area (Å²) in [5.41, 5.74) is 1.43. The van der Waals surface area contributed by atoms with E-state index in [2.05, 4.69) is 23.4 Å². The Morgan fingerprint density at radius 3 is 2.88 bits per heavy atom. The van der Waals surface area contributed by atoms with Gasteiger partial charge in [-0.2, -0.15) is 11.3 Å². The minimum atomic E-state index is -0.321. The third kappa shape index (κ3) is 5.71. The van der Waals surface area contributed by atoms with Gasteiger partial charge in [0.1, 0.15) is 0 Å². The highest BCUT2D eigenvalue weighted by Gasteiger charge is 1.96. The molecule has 0 fully saturated rings. The molecule has 0 aliphatic heterocycles. The zero-order chi connectivity index (χ0) is 11.6. The Labute approximate surface area is 101 Å². The molecule has 2 nitrogen and oxygen atoms in total. The number of unbranched alkanes of at least 4 members (excludes halogenated alkanes) is 3. The molecule has 0 aliphatic rings. The average molecular weight is 238 g/mol. The van der Waals surface area contributed by atoms with Crippen LogP contribution in [-0.4, -0.2) is 12.6 Å². The highest BCUT2D eigenvalue weighted by molar-refractivity contribution is 7.07. The molecule has 0 unspecified atom stereocenters. The zero-order valence-corrected chi connectivity index (χ0v) is 10.3. The number of ether oxygens (including phenoxy) is 1. The van der Waals surface area contributed by atoms with E-state index in [1.165, 1.54) is 24.5 Å². The number of esters is 1. The van der Waals surface area contributed by atoms with Crippen molar-refractivity contribution < 1.29 is 9.53 Å². The van der Waals surface area contributed by atoms with Gasteiger partial charge in [-0.25, -0.2) is 4.79 Å². The van der Waals surface area contributed by atoms with E-state index in [-0.39, 0.29) is 5.97 Å². The van der Waals surface area contributed by atoms with Crippen LogP contribution in [0, 0.1) is 0 Å². The predicted molar refractivity (Wildman–Crippen MR) is 67.6 cm³/mol. The maximum absolute atomic E-state index is 10.7. The minimum absolute atomic E-state index is 0.321. The molecule has 0 spiro atoms. The van der Waals surface area contributed by atoms with Crippen molar-refractivity contribution in [2.75, 3.05) is 6.61 Å². The first-order valence-electron chi connectivity index (χ1n) is 5.63. The van der Waals surface area contributed by atoms with E-state index in [9.17, 15) is 4.79 Å². The fraction of sp³-hybridized carbons (Fsp3) is 0.462. The molecule has 0 aliphatic carbocycles. The Balaban J connectivity index is 1.89. The Hall–Kier alpha value is -1.09. The quantitative estimate of drug-likeness (QED) is 0.393. The standard InChI is InChI=1S/C13H18O2S/c1-2-13(14)15-9-6-4-3-5-7-12-8-10-16-11-12/h2,8,10-11H,1,3-7,9H2. The Morgan fingerprint density at radius 2 is 2.19 bits per heavy atom. The Morgan fingerprint density at radius 1 is 1.38 bits per heavy atom. The fourth-order valence-corrected chi connectivity index (χ4v) is 2.15. The van der Waals surface area contributed by atoms with Crippen molar-refractivity contribution in [2.45, 2.75) is 32.1 Å². The van der Waals surface area contributed by atoms with Crippen molar-refractivity contribution in [3.8, 4) is 0 Å². The first kappa shape index (κ1) is 13.0. The molecule has 3 heteroatoms. The maximum Gasteiger partial charge on any atom is 0.330 e.